The Bertz CT molecular complexity index is 302. The number of ketones is 1. The molecule has 70 valence electrons. The average Bonchev–Trinajstić information content (AvgIpc) is 2.59. The van der Waals surface area contributed by atoms with E-state index in [0.29, 0.717) is 11.2 Å². The van der Waals surface area contributed by atoms with Crippen LogP contribution in [0.25, 0.3) is 0 Å². The van der Waals surface area contributed by atoms with Crippen molar-refractivity contribution in [2.24, 2.45) is 17.3 Å². The second-order valence-electron chi connectivity index (χ2n) is 5.15. The number of allylic oxidation sites excluding steroid dienone is 2. The number of carbonyl (C=O) groups is 1. The molecule has 2 bridgehead atoms. The molecule has 1 heteroatoms. The molecule has 3 atom stereocenters. The number of fused-ring (bicyclic) bond motifs is 1. The van der Waals surface area contributed by atoms with Gasteiger partial charge in [-0.25, -0.2) is 0 Å². The maximum absolute atomic E-state index is 11.8. The van der Waals surface area contributed by atoms with Crippen LogP contribution in [0.4, 0.5) is 0 Å². The Labute approximate surface area is 79.2 Å². The van der Waals surface area contributed by atoms with Gasteiger partial charge >= 0.3 is 0 Å². The monoisotopic (exact) mass is 176 g/mol. The van der Waals surface area contributed by atoms with Crippen LogP contribution in [0.3, 0.4) is 0 Å². The van der Waals surface area contributed by atoms with E-state index in [4.69, 9.17) is 0 Å². The van der Waals surface area contributed by atoms with Crippen LogP contribution in [-0.2, 0) is 4.79 Å². The van der Waals surface area contributed by atoms with Crippen molar-refractivity contribution in [1.29, 1.82) is 0 Å². The van der Waals surface area contributed by atoms with E-state index in [0.717, 1.165) is 24.7 Å². The van der Waals surface area contributed by atoms with Gasteiger partial charge in [0.05, 0.1) is 0 Å². The topological polar surface area (TPSA) is 17.1 Å². The molecular weight excluding hydrogens is 160 g/mol. The zero-order chi connectivity index (χ0) is 9.05. The molecule has 0 aromatic carbocycles. The van der Waals surface area contributed by atoms with Crippen LogP contribution in [0.15, 0.2) is 11.6 Å². The van der Waals surface area contributed by atoms with E-state index in [1.165, 1.54) is 24.8 Å². The smallest absolute Gasteiger partial charge is 0.159 e. The Morgan fingerprint density at radius 2 is 2.38 bits per heavy atom. The van der Waals surface area contributed by atoms with Gasteiger partial charge in [-0.1, -0.05) is 13.0 Å². The number of hydrogen-bond acceptors (Lipinski definition) is 1. The molecule has 0 saturated heterocycles. The van der Waals surface area contributed by atoms with Gasteiger partial charge in [-0.3, -0.25) is 4.79 Å². The summed E-state index contributed by atoms with van der Waals surface area (Å²) in [5.41, 5.74) is 1.56. The Balaban J connectivity index is 2.10. The summed E-state index contributed by atoms with van der Waals surface area (Å²) in [6.07, 6.45) is 8.12. The fourth-order valence-corrected chi connectivity index (χ4v) is 3.80. The Kier molecular flexibility index (Phi) is 1.35. The van der Waals surface area contributed by atoms with Crippen molar-refractivity contribution in [3.63, 3.8) is 0 Å². The molecule has 2 fully saturated rings. The molecule has 0 heterocycles. The fourth-order valence-electron chi connectivity index (χ4n) is 3.80. The molecule has 1 spiro atoms. The quantitative estimate of drug-likeness (QED) is 0.554. The molecule has 0 amide bonds. The number of carbonyl (C=O) groups excluding carboxylic acids is 1. The highest BCUT2D eigenvalue weighted by molar-refractivity contribution is 5.98. The predicted molar refractivity (Wildman–Crippen MR) is 51.3 cm³/mol. The van der Waals surface area contributed by atoms with Crippen LogP contribution < -0.4 is 0 Å². The lowest BCUT2D eigenvalue weighted by Crippen LogP contribution is -2.31. The van der Waals surface area contributed by atoms with E-state index in [2.05, 4.69) is 13.0 Å². The molecule has 3 unspecified atom stereocenters. The van der Waals surface area contributed by atoms with Gasteiger partial charge in [0.2, 0.25) is 0 Å². The molecule has 0 aliphatic heterocycles. The van der Waals surface area contributed by atoms with Gasteiger partial charge < -0.3 is 0 Å². The standard InChI is InChI=1S/C12H16O/c1-8-2-3-10-11(13)6-9-4-5-12(8,10)7-9/h3,8-9H,2,4-7H2,1H3. The average molecular weight is 176 g/mol. The van der Waals surface area contributed by atoms with Crippen molar-refractivity contribution < 1.29 is 4.79 Å². The summed E-state index contributed by atoms with van der Waals surface area (Å²) < 4.78 is 0. The van der Waals surface area contributed by atoms with Crippen LogP contribution in [-0.4, -0.2) is 5.78 Å². The van der Waals surface area contributed by atoms with Crippen molar-refractivity contribution in [1.82, 2.24) is 0 Å². The van der Waals surface area contributed by atoms with Gasteiger partial charge in [-0.05, 0) is 43.1 Å². The maximum atomic E-state index is 11.8. The number of hydrogen-bond donors (Lipinski definition) is 0. The second kappa shape index (κ2) is 2.26. The van der Waals surface area contributed by atoms with E-state index in [1.54, 1.807) is 0 Å². The Morgan fingerprint density at radius 3 is 3.23 bits per heavy atom. The zero-order valence-corrected chi connectivity index (χ0v) is 8.18. The van der Waals surface area contributed by atoms with E-state index < -0.39 is 0 Å². The summed E-state index contributed by atoms with van der Waals surface area (Å²) in [5.74, 6) is 1.93. The summed E-state index contributed by atoms with van der Waals surface area (Å²) in [4.78, 5) is 11.8. The van der Waals surface area contributed by atoms with E-state index in [-0.39, 0.29) is 0 Å². The first-order valence-corrected chi connectivity index (χ1v) is 5.46. The normalized spacial score (nSPS) is 47.8. The van der Waals surface area contributed by atoms with Gasteiger partial charge in [0, 0.05) is 11.8 Å². The van der Waals surface area contributed by atoms with E-state index >= 15 is 0 Å². The Morgan fingerprint density at radius 1 is 1.54 bits per heavy atom. The molecule has 0 N–H and O–H groups in total. The molecule has 13 heavy (non-hydrogen) atoms. The maximum Gasteiger partial charge on any atom is 0.159 e. The molecule has 0 aromatic rings. The van der Waals surface area contributed by atoms with E-state index in [1.807, 2.05) is 0 Å². The molecule has 2 saturated carbocycles. The number of Topliss-reactive ketones (excluding diaryl/α,β-unsaturated/α-hetero) is 1. The largest absolute Gasteiger partial charge is 0.295 e. The minimum atomic E-state index is 0.347. The highest BCUT2D eigenvalue weighted by atomic mass is 16.1. The first-order chi connectivity index (χ1) is 6.22. The molecule has 3 rings (SSSR count). The minimum absolute atomic E-state index is 0.347. The van der Waals surface area contributed by atoms with Crippen molar-refractivity contribution in [3.8, 4) is 0 Å². The molecule has 3 aliphatic rings. The minimum Gasteiger partial charge on any atom is -0.295 e. The third-order valence-corrected chi connectivity index (χ3v) is 4.58. The van der Waals surface area contributed by atoms with Crippen LogP contribution in [0, 0.1) is 17.3 Å². The molecule has 0 aromatic heterocycles. The highest BCUT2D eigenvalue weighted by Crippen LogP contribution is 2.60. The molecule has 3 aliphatic carbocycles. The molecular formula is C12H16O. The third kappa shape index (κ3) is 0.806. The lowest BCUT2D eigenvalue weighted by molar-refractivity contribution is -0.118. The van der Waals surface area contributed by atoms with Crippen molar-refractivity contribution in [3.05, 3.63) is 11.6 Å². The lowest BCUT2D eigenvalue weighted by Gasteiger charge is -2.35. The summed E-state index contributed by atoms with van der Waals surface area (Å²) in [6.45, 7) is 2.32. The third-order valence-electron chi connectivity index (χ3n) is 4.58. The van der Waals surface area contributed by atoms with Gasteiger partial charge in [0.1, 0.15) is 0 Å². The zero-order valence-electron chi connectivity index (χ0n) is 8.18. The summed E-state index contributed by atoms with van der Waals surface area (Å²) in [6, 6.07) is 0. The Hall–Kier alpha value is -0.590. The van der Waals surface area contributed by atoms with Crippen LogP contribution in [0.1, 0.15) is 39.0 Å². The SMILES string of the molecule is CC1CC=C2C(=O)CC3CCC21C3. The first kappa shape index (κ1) is 7.78. The predicted octanol–water partition coefficient (Wildman–Crippen LogP) is 2.71. The van der Waals surface area contributed by atoms with Gasteiger partial charge in [-0.15, -0.1) is 0 Å². The summed E-state index contributed by atoms with van der Waals surface area (Å²) in [7, 11) is 0. The first-order valence-electron chi connectivity index (χ1n) is 5.46. The van der Waals surface area contributed by atoms with E-state index in [9.17, 15) is 4.79 Å². The van der Waals surface area contributed by atoms with Crippen LogP contribution >= 0.6 is 0 Å². The molecule has 1 nitrogen and oxygen atoms in total. The number of rotatable bonds is 0. The van der Waals surface area contributed by atoms with Crippen molar-refractivity contribution >= 4 is 5.78 Å². The summed E-state index contributed by atoms with van der Waals surface area (Å²) >= 11 is 0. The lowest BCUT2D eigenvalue weighted by atomic mass is 9.68. The highest BCUT2D eigenvalue weighted by Gasteiger charge is 2.53. The van der Waals surface area contributed by atoms with Crippen molar-refractivity contribution in [2.45, 2.75) is 39.0 Å². The van der Waals surface area contributed by atoms with Gasteiger partial charge in [0.15, 0.2) is 5.78 Å². The fraction of sp³-hybridized carbons (Fsp3) is 0.750. The molecule has 0 radical (unpaired) electrons. The van der Waals surface area contributed by atoms with Crippen molar-refractivity contribution in [2.75, 3.05) is 0 Å². The van der Waals surface area contributed by atoms with Crippen LogP contribution in [0.2, 0.25) is 0 Å². The summed E-state index contributed by atoms with van der Waals surface area (Å²) in [5, 5.41) is 0. The second-order valence-corrected chi connectivity index (χ2v) is 5.15. The van der Waals surface area contributed by atoms with Gasteiger partial charge in [-0.2, -0.15) is 0 Å². The van der Waals surface area contributed by atoms with Gasteiger partial charge in [0.25, 0.3) is 0 Å². The van der Waals surface area contributed by atoms with Crippen LogP contribution in [0.5, 0.6) is 0 Å².